The Hall–Kier alpha value is -0.960. The van der Waals surface area contributed by atoms with Crippen molar-refractivity contribution in [2.24, 2.45) is 0 Å². The van der Waals surface area contributed by atoms with E-state index in [9.17, 15) is 0 Å². The topological polar surface area (TPSA) is 25.8 Å². The zero-order valence-corrected chi connectivity index (χ0v) is 5.35. The average molecular weight is 135 g/mol. The van der Waals surface area contributed by atoms with Crippen LogP contribution in [0.25, 0.3) is 10.2 Å². The Kier molecular flexibility index (Phi) is 0.960. The SMILES string of the molecule is [c]1nsc2ncccc12. The number of hydrogen-bond donors (Lipinski definition) is 0. The molecule has 2 rings (SSSR count). The molecule has 43 valence electrons. The van der Waals surface area contributed by atoms with Gasteiger partial charge in [-0.15, -0.1) is 0 Å². The van der Waals surface area contributed by atoms with Gasteiger partial charge in [0.15, 0.2) is 0 Å². The second-order valence-corrected chi connectivity index (χ2v) is 2.40. The quantitative estimate of drug-likeness (QED) is 0.547. The van der Waals surface area contributed by atoms with Crippen LogP contribution in [0.1, 0.15) is 0 Å². The number of fused-ring (bicyclic) bond motifs is 1. The normalized spacial score (nSPS) is 10.2. The van der Waals surface area contributed by atoms with Crippen molar-refractivity contribution in [3.05, 3.63) is 24.5 Å². The first-order valence-electron chi connectivity index (χ1n) is 2.55. The van der Waals surface area contributed by atoms with Crippen LogP contribution in [0.2, 0.25) is 0 Å². The van der Waals surface area contributed by atoms with Gasteiger partial charge in [-0.3, -0.25) is 0 Å². The molecule has 2 heterocycles. The van der Waals surface area contributed by atoms with Crippen LogP contribution >= 0.6 is 11.5 Å². The molecule has 0 aliphatic carbocycles. The van der Waals surface area contributed by atoms with Crippen LogP contribution in [0.4, 0.5) is 0 Å². The van der Waals surface area contributed by atoms with Gasteiger partial charge in [0.1, 0.15) is 11.0 Å². The molecule has 0 aromatic carbocycles. The molecular weight excluding hydrogens is 132 g/mol. The molecule has 9 heavy (non-hydrogen) atoms. The van der Waals surface area contributed by atoms with Crippen LogP contribution in [-0.4, -0.2) is 9.36 Å². The standard InChI is InChI=1S/C6H3N2S/c1-2-5-4-8-9-6(5)7-3-1/h1-3H. The van der Waals surface area contributed by atoms with Crippen molar-refractivity contribution in [3.63, 3.8) is 0 Å². The smallest absolute Gasteiger partial charge is 0.144 e. The molecule has 0 aliphatic heterocycles. The van der Waals surface area contributed by atoms with Crippen molar-refractivity contribution in [2.45, 2.75) is 0 Å². The summed E-state index contributed by atoms with van der Waals surface area (Å²) in [6, 6.07) is 3.83. The highest BCUT2D eigenvalue weighted by Gasteiger charge is 1.92. The first-order chi connectivity index (χ1) is 4.47. The molecule has 3 heteroatoms. The molecule has 1 radical (unpaired) electrons. The second kappa shape index (κ2) is 1.77. The summed E-state index contributed by atoms with van der Waals surface area (Å²) in [5.41, 5.74) is 0. The molecule has 0 N–H and O–H groups in total. The van der Waals surface area contributed by atoms with E-state index in [1.165, 1.54) is 11.5 Å². The van der Waals surface area contributed by atoms with Crippen molar-refractivity contribution in [1.82, 2.24) is 9.36 Å². The van der Waals surface area contributed by atoms with E-state index in [2.05, 4.69) is 15.6 Å². The van der Waals surface area contributed by atoms with E-state index in [1.54, 1.807) is 6.20 Å². The van der Waals surface area contributed by atoms with Gasteiger partial charge in [-0.05, 0) is 23.7 Å². The summed E-state index contributed by atoms with van der Waals surface area (Å²) >= 11 is 1.37. The Morgan fingerprint density at radius 2 is 2.56 bits per heavy atom. The predicted molar refractivity (Wildman–Crippen MR) is 36.3 cm³/mol. The van der Waals surface area contributed by atoms with Gasteiger partial charge in [-0.1, -0.05) is 0 Å². The lowest BCUT2D eigenvalue weighted by molar-refractivity contribution is 1.44. The summed E-state index contributed by atoms with van der Waals surface area (Å²) in [7, 11) is 0. The van der Waals surface area contributed by atoms with E-state index >= 15 is 0 Å². The van der Waals surface area contributed by atoms with Gasteiger partial charge < -0.3 is 0 Å². The van der Waals surface area contributed by atoms with Crippen LogP contribution in [-0.2, 0) is 0 Å². The fourth-order valence-electron chi connectivity index (χ4n) is 0.664. The van der Waals surface area contributed by atoms with Crippen molar-refractivity contribution >= 4 is 21.7 Å². The van der Waals surface area contributed by atoms with Crippen LogP contribution in [0.5, 0.6) is 0 Å². The average Bonchev–Trinajstić information content (AvgIpc) is 2.33. The third-order valence-electron chi connectivity index (χ3n) is 1.07. The summed E-state index contributed by atoms with van der Waals surface area (Å²) in [5, 5.41) is 1.00. The lowest BCUT2D eigenvalue weighted by Gasteiger charge is -1.79. The molecule has 0 fully saturated rings. The summed E-state index contributed by atoms with van der Waals surface area (Å²) in [5.74, 6) is 0. The fraction of sp³-hybridized carbons (Fsp3) is 0. The molecule has 2 aromatic rings. The molecule has 2 nitrogen and oxygen atoms in total. The molecular formula is C6H3N2S. The van der Waals surface area contributed by atoms with Crippen LogP contribution < -0.4 is 0 Å². The molecule has 0 unspecified atom stereocenters. The molecule has 0 spiro atoms. The maximum absolute atomic E-state index is 4.07. The summed E-state index contributed by atoms with van der Waals surface area (Å²) in [4.78, 5) is 5.02. The van der Waals surface area contributed by atoms with Gasteiger partial charge in [0.25, 0.3) is 0 Å². The zero-order valence-electron chi connectivity index (χ0n) is 4.53. The Labute approximate surface area is 56.3 Å². The highest BCUT2D eigenvalue weighted by molar-refractivity contribution is 7.12. The van der Waals surface area contributed by atoms with E-state index in [1.807, 2.05) is 12.1 Å². The highest BCUT2D eigenvalue weighted by Crippen LogP contribution is 2.11. The van der Waals surface area contributed by atoms with Gasteiger partial charge in [-0.2, -0.15) is 4.37 Å². The van der Waals surface area contributed by atoms with Crippen LogP contribution in [0.15, 0.2) is 18.3 Å². The minimum Gasteiger partial charge on any atom is -0.244 e. The fourth-order valence-corrected chi connectivity index (χ4v) is 1.21. The highest BCUT2D eigenvalue weighted by atomic mass is 32.1. The molecule has 0 saturated heterocycles. The van der Waals surface area contributed by atoms with Crippen molar-refractivity contribution in [3.8, 4) is 0 Å². The first kappa shape index (κ1) is 4.88. The summed E-state index contributed by atoms with van der Waals surface area (Å²) in [6.45, 7) is 0. The molecule has 0 aliphatic rings. The van der Waals surface area contributed by atoms with E-state index < -0.39 is 0 Å². The van der Waals surface area contributed by atoms with E-state index in [-0.39, 0.29) is 0 Å². The zero-order chi connectivity index (χ0) is 6.10. The van der Waals surface area contributed by atoms with Crippen molar-refractivity contribution in [1.29, 1.82) is 0 Å². The lowest BCUT2D eigenvalue weighted by Crippen LogP contribution is -1.65. The molecule has 0 amide bonds. The minimum atomic E-state index is 0.956. The maximum Gasteiger partial charge on any atom is 0.144 e. The molecule has 2 aromatic heterocycles. The van der Waals surface area contributed by atoms with Crippen LogP contribution in [0.3, 0.4) is 0 Å². The number of rotatable bonds is 0. The minimum absolute atomic E-state index is 0.956. The van der Waals surface area contributed by atoms with Gasteiger partial charge in [0.2, 0.25) is 0 Å². The first-order valence-corrected chi connectivity index (χ1v) is 3.32. The molecule has 0 atom stereocenters. The van der Waals surface area contributed by atoms with E-state index in [0.29, 0.717) is 0 Å². The lowest BCUT2D eigenvalue weighted by atomic mass is 10.4. The molecule has 0 bridgehead atoms. The Balaban J connectivity index is 2.95. The largest absolute Gasteiger partial charge is 0.244 e. The maximum atomic E-state index is 4.07. The Bertz CT molecular complexity index is 285. The predicted octanol–water partition coefficient (Wildman–Crippen LogP) is 1.49. The Morgan fingerprint density at radius 3 is 3.44 bits per heavy atom. The number of pyridine rings is 1. The number of hydrogen-bond acceptors (Lipinski definition) is 3. The monoisotopic (exact) mass is 135 g/mol. The van der Waals surface area contributed by atoms with Gasteiger partial charge >= 0.3 is 0 Å². The van der Waals surface area contributed by atoms with Gasteiger partial charge in [0.05, 0.1) is 0 Å². The summed E-state index contributed by atoms with van der Waals surface area (Å²) < 4.78 is 3.86. The number of aromatic nitrogens is 2. The van der Waals surface area contributed by atoms with Crippen molar-refractivity contribution in [2.75, 3.05) is 0 Å². The van der Waals surface area contributed by atoms with E-state index in [4.69, 9.17) is 0 Å². The van der Waals surface area contributed by atoms with Crippen molar-refractivity contribution < 1.29 is 0 Å². The van der Waals surface area contributed by atoms with Gasteiger partial charge in [-0.25, -0.2) is 4.98 Å². The van der Waals surface area contributed by atoms with Gasteiger partial charge in [0, 0.05) is 11.6 Å². The third kappa shape index (κ3) is 0.695. The third-order valence-corrected chi connectivity index (χ3v) is 1.75. The number of nitrogens with zero attached hydrogens (tertiary/aromatic N) is 2. The van der Waals surface area contributed by atoms with E-state index in [0.717, 1.165) is 10.2 Å². The molecule has 0 saturated carbocycles. The summed E-state index contributed by atoms with van der Waals surface area (Å²) in [6.07, 6.45) is 4.58. The van der Waals surface area contributed by atoms with Crippen LogP contribution in [0, 0.1) is 6.20 Å². The second-order valence-electron chi connectivity index (χ2n) is 1.65. The Morgan fingerprint density at radius 1 is 1.56 bits per heavy atom.